The first-order chi connectivity index (χ1) is 9.57. The molecular weight excluding hydrogens is 258 g/mol. The number of rotatable bonds is 5. The summed E-state index contributed by atoms with van der Waals surface area (Å²) in [6.45, 7) is 3.28. The molecule has 1 aliphatic heterocycles. The number of carboxylic acids is 1. The Bertz CT molecular complexity index is 355. The van der Waals surface area contributed by atoms with Gasteiger partial charge < -0.3 is 14.7 Å². The van der Waals surface area contributed by atoms with Gasteiger partial charge in [0.15, 0.2) is 0 Å². The van der Waals surface area contributed by atoms with Crippen molar-refractivity contribution in [3.05, 3.63) is 0 Å². The minimum atomic E-state index is -0.931. The van der Waals surface area contributed by atoms with Crippen LogP contribution in [0.5, 0.6) is 0 Å². The van der Waals surface area contributed by atoms with Crippen LogP contribution in [0.1, 0.15) is 51.9 Å². The van der Waals surface area contributed by atoms with Gasteiger partial charge in [-0.25, -0.2) is 4.79 Å². The molecule has 1 saturated heterocycles. The highest BCUT2D eigenvalue weighted by Crippen LogP contribution is 2.42. The number of carboxylic acid groups (broad SMARTS) is 1. The first kappa shape index (κ1) is 15.3. The van der Waals surface area contributed by atoms with Crippen molar-refractivity contribution in [2.45, 2.75) is 58.0 Å². The maximum absolute atomic E-state index is 12.7. The van der Waals surface area contributed by atoms with Gasteiger partial charge in [0, 0.05) is 18.5 Å². The van der Waals surface area contributed by atoms with E-state index >= 15 is 0 Å². The molecule has 5 heteroatoms. The van der Waals surface area contributed by atoms with Crippen molar-refractivity contribution < 1.29 is 19.4 Å². The first-order valence-corrected chi connectivity index (χ1v) is 7.70. The Balaban J connectivity index is 1.84. The highest BCUT2D eigenvalue weighted by atomic mass is 16.5. The monoisotopic (exact) mass is 283 g/mol. The fourth-order valence-corrected chi connectivity index (χ4v) is 3.52. The standard InChI is InChI=1S/C15H25NO4/c1-2-15(7-3-4-8-15)14(19)16-9-5-12(6-10-16)20-11-13(17)18/h12H,2-11H2,1H3,(H,17,18). The molecule has 20 heavy (non-hydrogen) atoms. The number of hydrogen-bond acceptors (Lipinski definition) is 3. The van der Waals surface area contributed by atoms with Crippen molar-refractivity contribution in [3.8, 4) is 0 Å². The van der Waals surface area contributed by atoms with E-state index in [2.05, 4.69) is 6.92 Å². The third-order valence-corrected chi connectivity index (χ3v) is 4.86. The number of carbonyl (C=O) groups is 2. The SMILES string of the molecule is CCC1(C(=O)N2CCC(OCC(=O)O)CC2)CCCC1. The summed E-state index contributed by atoms with van der Waals surface area (Å²) in [7, 11) is 0. The van der Waals surface area contributed by atoms with Crippen molar-refractivity contribution in [2.24, 2.45) is 5.41 Å². The second-order valence-electron chi connectivity index (χ2n) is 6.04. The molecule has 0 aromatic heterocycles. The number of hydrogen-bond donors (Lipinski definition) is 1. The third kappa shape index (κ3) is 3.32. The summed E-state index contributed by atoms with van der Waals surface area (Å²) in [5.41, 5.74) is -0.116. The van der Waals surface area contributed by atoms with Crippen LogP contribution >= 0.6 is 0 Å². The van der Waals surface area contributed by atoms with Crippen LogP contribution in [-0.4, -0.2) is 47.7 Å². The average Bonchev–Trinajstić information content (AvgIpc) is 2.95. The van der Waals surface area contributed by atoms with Crippen LogP contribution in [0.2, 0.25) is 0 Å². The third-order valence-electron chi connectivity index (χ3n) is 4.86. The van der Waals surface area contributed by atoms with E-state index in [1.54, 1.807) is 0 Å². The first-order valence-electron chi connectivity index (χ1n) is 7.70. The molecular formula is C15H25NO4. The Morgan fingerprint density at radius 1 is 1.25 bits per heavy atom. The Kier molecular flexibility index (Phi) is 5.02. The lowest BCUT2D eigenvalue weighted by molar-refractivity contribution is -0.149. The van der Waals surface area contributed by atoms with Crippen LogP contribution in [0.3, 0.4) is 0 Å². The molecule has 114 valence electrons. The molecule has 0 radical (unpaired) electrons. The van der Waals surface area contributed by atoms with Gasteiger partial charge in [-0.2, -0.15) is 0 Å². The van der Waals surface area contributed by atoms with Gasteiger partial charge in [0.25, 0.3) is 0 Å². The van der Waals surface area contributed by atoms with Crippen molar-refractivity contribution in [1.29, 1.82) is 0 Å². The van der Waals surface area contributed by atoms with E-state index in [-0.39, 0.29) is 18.1 Å². The van der Waals surface area contributed by atoms with Crippen LogP contribution in [0, 0.1) is 5.41 Å². The molecule has 2 fully saturated rings. The highest BCUT2D eigenvalue weighted by Gasteiger charge is 2.42. The van der Waals surface area contributed by atoms with E-state index in [0.717, 1.165) is 44.9 Å². The number of piperidine rings is 1. The molecule has 1 amide bonds. The van der Waals surface area contributed by atoms with Crippen molar-refractivity contribution >= 4 is 11.9 Å². The van der Waals surface area contributed by atoms with Crippen LogP contribution in [-0.2, 0) is 14.3 Å². The zero-order chi connectivity index (χ0) is 14.6. The Labute approximate surface area is 120 Å². The van der Waals surface area contributed by atoms with Crippen LogP contribution in [0.15, 0.2) is 0 Å². The molecule has 0 aromatic rings. The van der Waals surface area contributed by atoms with Crippen LogP contribution < -0.4 is 0 Å². The predicted octanol–water partition coefficient (Wildman–Crippen LogP) is 2.05. The molecule has 1 heterocycles. The molecule has 2 rings (SSSR count). The second kappa shape index (κ2) is 6.57. The van der Waals surface area contributed by atoms with E-state index in [4.69, 9.17) is 9.84 Å². The van der Waals surface area contributed by atoms with E-state index in [9.17, 15) is 9.59 Å². The van der Waals surface area contributed by atoms with E-state index in [0.29, 0.717) is 19.0 Å². The molecule has 0 aromatic carbocycles. The number of ether oxygens (including phenoxy) is 1. The molecule has 1 aliphatic carbocycles. The Morgan fingerprint density at radius 3 is 2.35 bits per heavy atom. The van der Waals surface area contributed by atoms with Gasteiger partial charge in [0.05, 0.1) is 6.10 Å². The summed E-state index contributed by atoms with van der Waals surface area (Å²) in [5.74, 6) is -0.617. The van der Waals surface area contributed by atoms with E-state index in [1.165, 1.54) is 0 Å². The highest BCUT2D eigenvalue weighted by molar-refractivity contribution is 5.83. The molecule has 0 bridgehead atoms. The molecule has 0 atom stereocenters. The summed E-state index contributed by atoms with van der Waals surface area (Å²) in [6.07, 6.45) is 6.79. The molecule has 2 aliphatic rings. The maximum atomic E-state index is 12.7. The molecule has 0 unspecified atom stereocenters. The van der Waals surface area contributed by atoms with Crippen molar-refractivity contribution in [3.63, 3.8) is 0 Å². The lowest BCUT2D eigenvalue weighted by Crippen LogP contribution is -2.47. The Hall–Kier alpha value is -1.10. The molecule has 1 saturated carbocycles. The van der Waals surface area contributed by atoms with Gasteiger partial charge >= 0.3 is 5.97 Å². The topological polar surface area (TPSA) is 66.8 Å². The minimum Gasteiger partial charge on any atom is -0.480 e. The average molecular weight is 283 g/mol. The number of likely N-dealkylation sites (tertiary alicyclic amines) is 1. The van der Waals surface area contributed by atoms with Crippen LogP contribution in [0.25, 0.3) is 0 Å². The van der Waals surface area contributed by atoms with Crippen molar-refractivity contribution in [1.82, 2.24) is 4.90 Å². The van der Waals surface area contributed by atoms with Crippen molar-refractivity contribution in [2.75, 3.05) is 19.7 Å². The van der Waals surface area contributed by atoms with Gasteiger partial charge in [-0.1, -0.05) is 19.8 Å². The predicted molar refractivity (Wildman–Crippen MR) is 74.4 cm³/mol. The summed E-state index contributed by atoms with van der Waals surface area (Å²) in [4.78, 5) is 25.2. The number of amides is 1. The summed E-state index contributed by atoms with van der Waals surface area (Å²) in [6, 6.07) is 0. The summed E-state index contributed by atoms with van der Waals surface area (Å²) >= 11 is 0. The molecule has 1 N–H and O–H groups in total. The lowest BCUT2D eigenvalue weighted by Gasteiger charge is -2.38. The van der Waals surface area contributed by atoms with Crippen LogP contribution in [0.4, 0.5) is 0 Å². The van der Waals surface area contributed by atoms with E-state index < -0.39 is 5.97 Å². The van der Waals surface area contributed by atoms with Gasteiger partial charge in [-0.15, -0.1) is 0 Å². The molecule has 0 spiro atoms. The fourth-order valence-electron chi connectivity index (χ4n) is 3.52. The summed E-state index contributed by atoms with van der Waals surface area (Å²) in [5, 5.41) is 8.60. The smallest absolute Gasteiger partial charge is 0.329 e. The van der Waals surface area contributed by atoms with Gasteiger partial charge in [-0.05, 0) is 32.1 Å². The number of aliphatic carboxylic acids is 1. The maximum Gasteiger partial charge on any atom is 0.329 e. The fraction of sp³-hybridized carbons (Fsp3) is 0.867. The van der Waals surface area contributed by atoms with Gasteiger partial charge in [0.1, 0.15) is 6.61 Å². The van der Waals surface area contributed by atoms with E-state index in [1.807, 2.05) is 4.90 Å². The second-order valence-corrected chi connectivity index (χ2v) is 6.04. The number of carbonyl (C=O) groups excluding carboxylic acids is 1. The quantitative estimate of drug-likeness (QED) is 0.838. The normalized spacial score (nSPS) is 22.9. The lowest BCUT2D eigenvalue weighted by atomic mass is 9.81. The van der Waals surface area contributed by atoms with Gasteiger partial charge in [-0.3, -0.25) is 4.79 Å². The Morgan fingerprint density at radius 2 is 1.85 bits per heavy atom. The minimum absolute atomic E-state index is 0.0173. The zero-order valence-corrected chi connectivity index (χ0v) is 12.3. The largest absolute Gasteiger partial charge is 0.480 e. The molecule has 5 nitrogen and oxygen atoms in total. The zero-order valence-electron chi connectivity index (χ0n) is 12.3. The number of nitrogens with zero attached hydrogens (tertiary/aromatic N) is 1. The summed E-state index contributed by atoms with van der Waals surface area (Å²) < 4.78 is 5.31. The van der Waals surface area contributed by atoms with Gasteiger partial charge in [0.2, 0.25) is 5.91 Å².